The summed E-state index contributed by atoms with van der Waals surface area (Å²) in [6.45, 7) is 2.28. The van der Waals surface area contributed by atoms with E-state index in [4.69, 9.17) is 11.6 Å². The average Bonchev–Trinajstić information content (AvgIpc) is 2.64. The molecule has 1 fully saturated rings. The fourth-order valence-electron chi connectivity index (χ4n) is 2.78. The lowest BCUT2D eigenvalue weighted by Gasteiger charge is -2.31. The fourth-order valence-corrected chi connectivity index (χ4v) is 4.81. The lowest BCUT2D eigenvalue weighted by molar-refractivity contribution is 0.102. The molecule has 0 saturated carbocycles. The number of hydrogen-bond donors (Lipinski definition) is 1. The van der Waals surface area contributed by atoms with Crippen molar-refractivity contribution < 1.29 is 13.2 Å². The van der Waals surface area contributed by atoms with Gasteiger partial charge in [0.25, 0.3) is 5.91 Å². The second-order valence-corrected chi connectivity index (χ2v) is 9.57. The third-order valence-corrected chi connectivity index (χ3v) is 7.08. The summed E-state index contributed by atoms with van der Waals surface area (Å²) in [4.78, 5) is 14.7. The summed E-state index contributed by atoms with van der Waals surface area (Å²) in [6.07, 6.45) is 0. The molecule has 2 aromatic rings. The summed E-state index contributed by atoms with van der Waals surface area (Å²) < 4.78 is 27.9. The van der Waals surface area contributed by atoms with Crippen LogP contribution in [0.4, 0.5) is 5.69 Å². The smallest absolute Gasteiger partial charge is 0.257 e. The molecule has 27 heavy (non-hydrogen) atoms. The highest BCUT2D eigenvalue weighted by atomic mass is 79.9. The van der Waals surface area contributed by atoms with Gasteiger partial charge >= 0.3 is 0 Å². The van der Waals surface area contributed by atoms with Gasteiger partial charge in [-0.3, -0.25) is 4.79 Å². The average molecular weight is 473 g/mol. The molecule has 6 nitrogen and oxygen atoms in total. The molecule has 0 bridgehead atoms. The number of hydrogen-bond acceptors (Lipinski definition) is 4. The first-order valence-corrected chi connectivity index (χ1v) is 10.9. The number of benzene rings is 2. The number of sulfonamides is 1. The Labute approximate surface area is 172 Å². The Morgan fingerprint density at radius 1 is 1.11 bits per heavy atom. The summed E-state index contributed by atoms with van der Waals surface area (Å²) >= 11 is 9.40. The van der Waals surface area contributed by atoms with Crippen molar-refractivity contribution in [1.29, 1.82) is 0 Å². The van der Waals surface area contributed by atoms with Crippen molar-refractivity contribution in [1.82, 2.24) is 9.21 Å². The van der Waals surface area contributed by atoms with Gasteiger partial charge in [0.2, 0.25) is 10.0 Å². The maximum Gasteiger partial charge on any atom is 0.257 e. The maximum absolute atomic E-state index is 12.9. The first-order chi connectivity index (χ1) is 12.8. The van der Waals surface area contributed by atoms with Crippen LogP contribution in [-0.2, 0) is 10.0 Å². The van der Waals surface area contributed by atoms with E-state index in [9.17, 15) is 13.2 Å². The number of amides is 1. The lowest BCUT2D eigenvalue weighted by atomic mass is 10.2. The summed E-state index contributed by atoms with van der Waals surface area (Å²) in [7, 11) is -1.64. The number of nitrogens with one attached hydrogen (secondary N) is 1. The topological polar surface area (TPSA) is 69.7 Å². The van der Waals surface area contributed by atoms with E-state index in [1.165, 1.54) is 16.4 Å². The molecule has 0 unspecified atom stereocenters. The van der Waals surface area contributed by atoms with Crippen molar-refractivity contribution in [3.8, 4) is 0 Å². The third-order valence-electron chi connectivity index (χ3n) is 4.36. The predicted octanol–water partition coefficient (Wildman–Crippen LogP) is 3.29. The lowest BCUT2D eigenvalue weighted by Crippen LogP contribution is -2.47. The quantitative estimate of drug-likeness (QED) is 0.741. The van der Waals surface area contributed by atoms with E-state index in [-0.39, 0.29) is 4.90 Å². The number of halogens is 2. The van der Waals surface area contributed by atoms with Crippen LogP contribution in [0.15, 0.2) is 51.8 Å². The number of piperazine rings is 1. The van der Waals surface area contributed by atoms with Crippen molar-refractivity contribution in [2.45, 2.75) is 4.90 Å². The number of carbonyl (C=O) groups is 1. The van der Waals surface area contributed by atoms with E-state index in [1.54, 1.807) is 30.3 Å². The molecule has 3 rings (SSSR count). The molecule has 0 atom stereocenters. The van der Waals surface area contributed by atoms with E-state index in [1.807, 2.05) is 7.05 Å². The van der Waals surface area contributed by atoms with Crippen LogP contribution in [0.1, 0.15) is 10.4 Å². The second-order valence-electron chi connectivity index (χ2n) is 6.31. The van der Waals surface area contributed by atoms with E-state index in [0.717, 1.165) is 4.47 Å². The van der Waals surface area contributed by atoms with Crippen molar-refractivity contribution in [3.05, 3.63) is 57.5 Å². The van der Waals surface area contributed by atoms with Crippen LogP contribution in [0.5, 0.6) is 0 Å². The van der Waals surface area contributed by atoms with Gasteiger partial charge in [-0.2, -0.15) is 4.31 Å². The minimum Gasteiger partial charge on any atom is -0.322 e. The number of carbonyl (C=O) groups excluding carboxylic acids is 1. The minimum atomic E-state index is -3.60. The monoisotopic (exact) mass is 471 g/mol. The van der Waals surface area contributed by atoms with Crippen LogP contribution in [0.3, 0.4) is 0 Å². The molecule has 0 spiro atoms. The number of anilines is 1. The molecule has 0 radical (unpaired) electrons. The zero-order valence-electron chi connectivity index (χ0n) is 14.7. The van der Waals surface area contributed by atoms with Gasteiger partial charge in [0.15, 0.2) is 0 Å². The fraction of sp³-hybridized carbons (Fsp3) is 0.278. The Bertz CT molecular complexity index is 960. The molecular formula is C18H19BrClN3O3S. The summed E-state index contributed by atoms with van der Waals surface area (Å²) in [5.74, 6) is -0.407. The van der Waals surface area contributed by atoms with Gasteiger partial charge in [-0.05, 0) is 43.4 Å². The summed E-state index contributed by atoms with van der Waals surface area (Å²) in [6, 6.07) is 11.2. The molecule has 1 aliphatic heterocycles. The zero-order valence-corrected chi connectivity index (χ0v) is 17.8. The molecule has 1 saturated heterocycles. The van der Waals surface area contributed by atoms with Crippen LogP contribution in [0.2, 0.25) is 5.02 Å². The molecule has 2 aromatic carbocycles. The largest absolute Gasteiger partial charge is 0.322 e. The van der Waals surface area contributed by atoms with Crippen molar-refractivity contribution in [2.75, 3.05) is 38.5 Å². The van der Waals surface area contributed by atoms with Gasteiger partial charge < -0.3 is 10.2 Å². The van der Waals surface area contributed by atoms with E-state index >= 15 is 0 Å². The highest BCUT2D eigenvalue weighted by Crippen LogP contribution is 2.24. The molecule has 1 heterocycles. The van der Waals surface area contributed by atoms with Gasteiger partial charge in [-0.1, -0.05) is 33.6 Å². The highest BCUT2D eigenvalue weighted by Gasteiger charge is 2.27. The summed E-state index contributed by atoms with van der Waals surface area (Å²) in [5.41, 5.74) is 0.699. The van der Waals surface area contributed by atoms with Crippen LogP contribution in [0.25, 0.3) is 0 Å². The first-order valence-electron chi connectivity index (χ1n) is 8.32. The van der Waals surface area contributed by atoms with Gasteiger partial charge in [-0.15, -0.1) is 0 Å². The Kier molecular flexibility index (Phi) is 6.22. The normalized spacial score (nSPS) is 16.3. The maximum atomic E-state index is 12.9. The second kappa shape index (κ2) is 8.28. The van der Waals surface area contributed by atoms with E-state index in [0.29, 0.717) is 42.5 Å². The van der Waals surface area contributed by atoms with Gasteiger partial charge in [0.1, 0.15) is 0 Å². The molecule has 1 aliphatic rings. The van der Waals surface area contributed by atoms with Crippen molar-refractivity contribution in [3.63, 3.8) is 0 Å². The Balaban J connectivity index is 1.81. The Morgan fingerprint density at radius 3 is 2.52 bits per heavy atom. The zero-order chi connectivity index (χ0) is 19.6. The molecule has 9 heteroatoms. The Morgan fingerprint density at radius 2 is 1.81 bits per heavy atom. The minimum absolute atomic E-state index is 0.158. The van der Waals surface area contributed by atoms with Gasteiger partial charge in [0.05, 0.1) is 15.5 Å². The molecule has 1 amide bonds. The first kappa shape index (κ1) is 20.3. The molecule has 144 valence electrons. The molecule has 0 aromatic heterocycles. The van der Waals surface area contributed by atoms with E-state index in [2.05, 4.69) is 26.1 Å². The summed E-state index contributed by atoms with van der Waals surface area (Å²) in [5, 5.41) is 3.03. The third kappa shape index (κ3) is 4.70. The molecule has 0 aliphatic carbocycles. The molecular weight excluding hydrogens is 454 g/mol. The van der Waals surface area contributed by atoms with Gasteiger partial charge in [0, 0.05) is 36.3 Å². The number of nitrogens with zero attached hydrogens (tertiary/aromatic N) is 2. The number of likely N-dealkylation sites (N-methyl/N-ethyl adjacent to an activating group) is 1. The predicted molar refractivity (Wildman–Crippen MR) is 110 cm³/mol. The van der Waals surface area contributed by atoms with Gasteiger partial charge in [-0.25, -0.2) is 8.42 Å². The Hall–Kier alpha value is -1.45. The highest BCUT2D eigenvalue weighted by molar-refractivity contribution is 9.10. The van der Waals surface area contributed by atoms with Crippen LogP contribution < -0.4 is 5.32 Å². The van der Waals surface area contributed by atoms with Crippen molar-refractivity contribution >= 4 is 49.1 Å². The van der Waals surface area contributed by atoms with Crippen LogP contribution in [0, 0.1) is 0 Å². The van der Waals surface area contributed by atoms with Crippen molar-refractivity contribution in [2.24, 2.45) is 0 Å². The van der Waals surface area contributed by atoms with Crippen LogP contribution in [-0.4, -0.2) is 56.8 Å². The standard InChI is InChI=1S/C18H19BrClN3O3S/c1-22-7-9-23(10-8-22)27(25,26)15-4-2-3-14(12-15)21-18(24)16-11-13(19)5-6-17(16)20/h2-6,11-12H,7-10H2,1H3,(H,21,24). The molecule has 1 N–H and O–H groups in total. The number of rotatable bonds is 4. The van der Waals surface area contributed by atoms with E-state index < -0.39 is 15.9 Å². The van der Waals surface area contributed by atoms with Crippen LogP contribution >= 0.6 is 27.5 Å². The SMILES string of the molecule is CN1CCN(S(=O)(=O)c2cccc(NC(=O)c3cc(Br)ccc3Cl)c2)CC1.